The lowest BCUT2D eigenvalue weighted by molar-refractivity contribution is -0.122. The molecule has 24 heavy (non-hydrogen) atoms. The molecule has 0 bridgehead atoms. The van der Waals surface area contributed by atoms with Gasteiger partial charge in [0.1, 0.15) is 0 Å². The number of aliphatic hydroxyl groups excluding tert-OH is 1. The Morgan fingerprint density at radius 1 is 1.25 bits per heavy atom. The van der Waals surface area contributed by atoms with Crippen molar-refractivity contribution in [3.8, 4) is 0 Å². The van der Waals surface area contributed by atoms with Crippen LogP contribution in [0.25, 0.3) is 0 Å². The standard InChI is InChI=1S/C21H34O2Si/c1-15(2)21(4,5)24(6,7)14-16(3)12-13-19-17-10-8-9-11-18(17)20(22)23-19/h8-11,15,19-20,22H,3,12-14H2,1-2,4-7H3. The van der Waals surface area contributed by atoms with Crippen LogP contribution in [0.4, 0.5) is 0 Å². The van der Waals surface area contributed by atoms with Gasteiger partial charge < -0.3 is 9.84 Å². The van der Waals surface area contributed by atoms with Crippen LogP contribution >= 0.6 is 0 Å². The molecule has 0 radical (unpaired) electrons. The molecule has 2 nitrogen and oxygen atoms in total. The Balaban J connectivity index is 1.95. The van der Waals surface area contributed by atoms with Crippen LogP contribution in [0.1, 0.15) is 64.1 Å². The predicted octanol–water partition coefficient (Wildman–Crippen LogP) is 6.23. The lowest BCUT2D eigenvalue weighted by atomic mass is 9.99. The molecule has 2 atom stereocenters. The molecule has 1 N–H and O–H groups in total. The smallest absolute Gasteiger partial charge is 0.182 e. The molecule has 0 fully saturated rings. The zero-order chi connectivity index (χ0) is 18.1. The van der Waals surface area contributed by atoms with Gasteiger partial charge in [-0.2, -0.15) is 0 Å². The van der Waals surface area contributed by atoms with E-state index >= 15 is 0 Å². The van der Waals surface area contributed by atoms with Gasteiger partial charge in [-0.05, 0) is 35.4 Å². The van der Waals surface area contributed by atoms with E-state index in [1.54, 1.807) is 0 Å². The van der Waals surface area contributed by atoms with E-state index in [9.17, 15) is 5.11 Å². The minimum Gasteiger partial charge on any atom is -0.364 e. The zero-order valence-corrected chi connectivity index (χ0v) is 17.2. The van der Waals surface area contributed by atoms with Gasteiger partial charge in [-0.15, -0.1) is 6.58 Å². The average Bonchev–Trinajstić information content (AvgIpc) is 2.81. The molecule has 1 aliphatic heterocycles. The first-order chi connectivity index (χ1) is 11.1. The third kappa shape index (κ3) is 3.84. The van der Waals surface area contributed by atoms with Gasteiger partial charge in [0.2, 0.25) is 0 Å². The number of rotatable bonds is 7. The number of benzene rings is 1. The number of fused-ring (bicyclic) bond motifs is 1. The number of ether oxygens (including phenoxy) is 1. The van der Waals surface area contributed by atoms with Gasteiger partial charge in [-0.25, -0.2) is 0 Å². The Bertz CT molecular complexity index is 589. The van der Waals surface area contributed by atoms with Crippen molar-refractivity contribution in [3.63, 3.8) is 0 Å². The molecule has 0 saturated carbocycles. The van der Waals surface area contributed by atoms with Gasteiger partial charge in [-0.3, -0.25) is 0 Å². The van der Waals surface area contributed by atoms with Crippen molar-refractivity contribution in [2.45, 2.75) is 77.1 Å². The largest absolute Gasteiger partial charge is 0.364 e. The van der Waals surface area contributed by atoms with Gasteiger partial charge in [0.05, 0.1) is 14.2 Å². The minimum atomic E-state index is -1.41. The Morgan fingerprint density at radius 3 is 2.42 bits per heavy atom. The van der Waals surface area contributed by atoms with Crippen LogP contribution in [0, 0.1) is 5.92 Å². The van der Waals surface area contributed by atoms with Crippen molar-refractivity contribution in [2.24, 2.45) is 5.92 Å². The summed E-state index contributed by atoms with van der Waals surface area (Å²) in [4.78, 5) is 0. The molecule has 1 aromatic carbocycles. The second-order valence-electron chi connectivity index (χ2n) is 8.83. The van der Waals surface area contributed by atoms with Gasteiger partial charge in [-0.1, -0.05) is 70.6 Å². The fourth-order valence-corrected chi connectivity index (χ4v) is 7.06. The fraction of sp³-hybridized carbons (Fsp3) is 0.619. The Labute approximate surface area is 148 Å². The van der Waals surface area contributed by atoms with Crippen LogP contribution in [-0.4, -0.2) is 13.2 Å². The summed E-state index contributed by atoms with van der Waals surface area (Å²) in [5.74, 6) is 0.687. The van der Waals surface area contributed by atoms with Crippen LogP contribution in [0.3, 0.4) is 0 Å². The molecule has 1 heterocycles. The molecule has 0 saturated heterocycles. The van der Waals surface area contributed by atoms with E-state index in [-0.39, 0.29) is 6.10 Å². The van der Waals surface area contributed by atoms with Crippen molar-refractivity contribution < 1.29 is 9.84 Å². The molecule has 0 spiro atoms. The van der Waals surface area contributed by atoms with E-state index in [4.69, 9.17) is 4.74 Å². The predicted molar refractivity (Wildman–Crippen MR) is 105 cm³/mol. The van der Waals surface area contributed by atoms with E-state index in [0.717, 1.165) is 30.0 Å². The van der Waals surface area contributed by atoms with E-state index in [1.807, 2.05) is 18.2 Å². The van der Waals surface area contributed by atoms with Crippen molar-refractivity contribution in [2.75, 3.05) is 0 Å². The highest BCUT2D eigenvalue weighted by Crippen LogP contribution is 2.48. The molecule has 2 unspecified atom stereocenters. The molecule has 1 aliphatic rings. The fourth-order valence-electron chi connectivity index (χ4n) is 3.61. The summed E-state index contributed by atoms with van der Waals surface area (Å²) >= 11 is 0. The summed E-state index contributed by atoms with van der Waals surface area (Å²) in [5, 5.41) is 10.4. The summed E-state index contributed by atoms with van der Waals surface area (Å²) in [6.07, 6.45) is 1.09. The Hall–Kier alpha value is -0.903. The molecule has 134 valence electrons. The maximum absolute atomic E-state index is 10.0. The van der Waals surface area contributed by atoms with Gasteiger partial charge in [0, 0.05) is 5.56 Å². The first-order valence-corrected chi connectivity index (χ1v) is 12.4. The van der Waals surface area contributed by atoms with E-state index in [0.29, 0.717) is 11.0 Å². The van der Waals surface area contributed by atoms with E-state index in [2.05, 4.69) is 53.4 Å². The van der Waals surface area contributed by atoms with Gasteiger partial charge >= 0.3 is 0 Å². The first kappa shape index (κ1) is 19.4. The quantitative estimate of drug-likeness (QED) is 0.468. The number of hydrogen-bond donors (Lipinski definition) is 1. The lowest BCUT2D eigenvalue weighted by Crippen LogP contribution is -2.42. The highest BCUT2D eigenvalue weighted by molar-refractivity contribution is 6.80. The second-order valence-corrected chi connectivity index (χ2v) is 14.2. The summed E-state index contributed by atoms with van der Waals surface area (Å²) in [7, 11) is -1.41. The first-order valence-electron chi connectivity index (χ1n) is 9.15. The number of allylic oxidation sites excluding steroid dienone is 1. The molecule has 0 amide bonds. The van der Waals surface area contributed by atoms with Crippen molar-refractivity contribution >= 4 is 8.07 Å². The second kappa shape index (κ2) is 7.15. The highest BCUT2D eigenvalue weighted by Gasteiger charge is 2.41. The van der Waals surface area contributed by atoms with Crippen LogP contribution in [0.2, 0.25) is 24.2 Å². The Kier molecular flexibility index (Phi) is 5.78. The third-order valence-electron chi connectivity index (χ3n) is 6.54. The van der Waals surface area contributed by atoms with Crippen LogP contribution in [0.15, 0.2) is 36.4 Å². The molecular weight excluding hydrogens is 312 g/mol. The summed E-state index contributed by atoms with van der Waals surface area (Å²) in [6, 6.07) is 9.16. The SMILES string of the molecule is C=C(CCC1OC(O)c2ccccc21)C[Si](C)(C)C(C)(C)C(C)C. The van der Waals surface area contributed by atoms with Crippen LogP contribution in [0.5, 0.6) is 0 Å². The number of aliphatic hydroxyl groups is 1. The normalized spacial score (nSPS) is 21.2. The van der Waals surface area contributed by atoms with Gasteiger partial charge in [0.25, 0.3) is 0 Å². The number of hydrogen-bond acceptors (Lipinski definition) is 2. The maximum atomic E-state index is 10.0. The van der Waals surface area contributed by atoms with Gasteiger partial charge in [0.15, 0.2) is 6.29 Å². The van der Waals surface area contributed by atoms with E-state index in [1.165, 1.54) is 5.57 Å². The molecule has 1 aromatic rings. The van der Waals surface area contributed by atoms with Crippen LogP contribution < -0.4 is 0 Å². The van der Waals surface area contributed by atoms with Crippen molar-refractivity contribution in [3.05, 3.63) is 47.5 Å². The molecular formula is C21H34O2Si. The van der Waals surface area contributed by atoms with Crippen LogP contribution in [-0.2, 0) is 4.74 Å². The van der Waals surface area contributed by atoms with Crippen molar-refractivity contribution in [1.29, 1.82) is 0 Å². The molecule has 3 heteroatoms. The molecule has 0 aliphatic carbocycles. The summed E-state index contributed by atoms with van der Waals surface area (Å²) in [5.41, 5.74) is 3.39. The maximum Gasteiger partial charge on any atom is 0.182 e. The minimum absolute atomic E-state index is 0.00385. The average molecular weight is 347 g/mol. The van der Waals surface area contributed by atoms with Crippen molar-refractivity contribution in [1.82, 2.24) is 0 Å². The Morgan fingerprint density at radius 2 is 1.83 bits per heavy atom. The lowest BCUT2D eigenvalue weighted by Gasteiger charge is -2.44. The molecule has 0 aromatic heterocycles. The third-order valence-corrected chi connectivity index (χ3v) is 12.0. The molecule has 2 rings (SSSR count). The summed E-state index contributed by atoms with van der Waals surface area (Å²) in [6.45, 7) is 18.9. The van der Waals surface area contributed by atoms with E-state index < -0.39 is 14.4 Å². The highest BCUT2D eigenvalue weighted by atomic mass is 28.3. The summed E-state index contributed by atoms with van der Waals surface area (Å²) < 4.78 is 5.74. The zero-order valence-electron chi connectivity index (χ0n) is 16.2. The monoisotopic (exact) mass is 346 g/mol. The topological polar surface area (TPSA) is 29.5 Å².